The van der Waals surface area contributed by atoms with Gasteiger partial charge in [0.25, 0.3) is 0 Å². The van der Waals surface area contributed by atoms with E-state index in [1.807, 2.05) is 0 Å². The van der Waals surface area contributed by atoms with Crippen LogP contribution in [0.5, 0.6) is 0 Å². The molecule has 1 amide bonds. The molecule has 2 rings (SSSR count). The summed E-state index contributed by atoms with van der Waals surface area (Å²) in [5, 5.41) is 3.43. The SMILES string of the molecule is CC(C)CC1CCCN(C(=O)[C@H]2CCN[C@@H](C)C2)C1.Cl. The summed E-state index contributed by atoms with van der Waals surface area (Å²) in [6.07, 6.45) is 5.82. The van der Waals surface area contributed by atoms with E-state index in [0.29, 0.717) is 11.9 Å². The summed E-state index contributed by atoms with van der Waals surface area (Å²) >= 11 is 0. The number of halogens is 1. The Balaban J connectivity index is 0.00000200. The molecule has 0 spiro atoms. The van der Waals surface area contributed by atoms with Crippen LogP contribution in [0.2, 0.25) is 0 Å². The third-order valence-electron chi connectivity index (χ3n) is 4.61. The molecule has 0 aromatic carbocycles. The first-order valence-corrected chi connectivity index (χ1v) is 8.08. The van der Waals surface area contributed by atoms with Crippen LogP contribution >= 0.6 is 12.4 Å². The molecule has 118 valence electrons. The van der Waals surface area contributed by atoms with Crippen LogP contribution in [0.4, 0.5) is 0 Å². The number of piperidine rings is 2. The Labute approximate surface area is 130 Å². The fraction of sp³-hybridized carbons (Fsp3) is 0.938. The van der Waals surface area contributed by atoms with Crippen molar-refractivity contribution >= 4 is 18.3 Å². The van der Waals surface area contributed by atoms with Gasteiger partial charge in [0.15, 0.2) is 0 Å². The van der Waals surface area contributed by atoms with Crippen LogP contribution in [0.15, 0.2) is 0 Å². The molecule has 3 atom stereocenters. The Hall–Kier alpha value is -0.280. The second-order valence-corrected chi connectivity index (χ2v) is 7.00. The number of nitrogens with zero attached hydrogens (tertiary/aromatic N) is 1. The summed E-state index contributed by atoms with van der Waals surface area (Å²) in [6.45, 7) is 9.77. The van der Waals surface area contributed by atoms with Crippen LogP contribution < -0.4 is 5.32 Å². The van der Waals surface area contributed by atoms with Crippen molar-refractivity contribution in [2.24, 2.45) is 17.8 Å². The van der Waals surface area contributed by atoms with Gasteiger partial charge in [-0.2, -0.15) is 0 Å². The number of amides is 1. The molecular weight excluding hydrogens is 272 g/mol. The summed E-state index contributed by atoms with van der Waals surface area (Å²) in [4.78, 5) is 14.8. The van der Waals surface area contributed by atoms with Gasteiger partial charge in [0, 0.05) is 25.0 Å². The van der Waals surface area contributed by atoms with E-state index >= 15 is 0 Å². The van der Waals surface area contributed by atoms with Crippen molar-refractivity contribution in [3.63, 3.8) is 0 Å². The molecule has 4 heteroatoms. The highest BCUT2D eigenvalue weighted by molar-refractivity contribution is 5.85. The zero-order valence-electron chi connectivity index (χ0n) is 13.2. The molecule has 0 bridgehead atoms. The standard InChI is InChI=1S/C16H30N2O.ClH/c1-12(2)9-14-5-4-8-18(11-14)16(19)15-6-7-17-13(3)10-15;/h12-15,17H,4-11H2,1-3H3;1H/t13-,14?,15-;/m0./s1. The van der Waals surface area contributed by atoms with Crippen molar-refractivity contribution in [2.75, 3.05) is 19.6 Å². The maximum absolute atomic E-state index is 12.6. The molecule has 0 saturated carbocycles. The predicted octanol–water partition coefficient (Wildman–Crippen LogP) is 3.08. The van der Waals surface area contributed by atoms with Gasteiger partial charge in [-0.05, 0) is 57.4 Å². The van der Waals surface area contributed by atoms with Crippen molar-refractivity contribution in [1.82, 2.24) is 10.2 Å². The van der Waals surface area contributed by atoms with Gasteiger partial charge in [0.05, 0.1) is 0 Å². The van der Waals surface area contributed by atoms with Crippen molar-refractivity contribution < 1.29 is 4.79 Å². The number of carbonyl (C=O) groups excluding carboxylic acids is 1. The van der Waals surface area contributed by atoms with Crippen LogP contribution in [0.1, 0.15) is 52.9 Å². The number of hydrogen-bond acceptors (Lipinski definition) is 2. The normalized spacial score (nSPS) is 31.0. The maximum Gasteiger partial charge on any atom is 0.225 e. The first-order chi connectivity index (χ1) is 9.06. The summed E-state index contributed by atoms with van der Waals surface area (Å²) < 4.78 is 0. The smallest absolute Gasteiger partial charge is 0.225 e. The highest BCUT2D eigenvalue weighted by Gasteiger charge is 2.31. The Morgan fingerprint density at radius 2 is 2.10 bits per heavy atom. The maximum atomic E-state index is 12.6. The zero-order chi connectivity index (χ0) is 13.8. The monoisotopic (exact) mass is 302 g/mol. The van der Waals surface area contributed by atoms with E-state index in [0.717, 1.165) is 44.3 Å². The second-order valence-electron chi connectivity index (χ2n) is 7.00. The molecule has 3 nitrogen and oxygen atoms in total. The Bertz CT molecular complexity index is 309. The zero-order valence-corrected chi connectivity index (χ0v) is 14.0. The van der Waals surface area contributed by atoms with Gasteiger partial charge in [-0.25, -0.2) is 0 Å². The molecular formula is C16H31ClN2O. The number of hydrogen-bond donors (Lipinski definition) is 1. The predicted molar refractivity (Wildman–Crippen MR) is 86.2 cm³/mol. The molecule has 2 heterocycles. The van der Waals surface area contributed by atoms with Crippen molar-refractivity contribution in [3.8, 4) is 0 Å². The van der Waals surface area contributed by atoms with Gasteiger partial charge in [0.1, 0.15) is 0 Å². The molecule has 0 radical (unpaired) electrons. The number of likely N-dealkylation sites (tertiary alicyclic amines) is 1. The van der Waals surface area contributed by atoms with Crippen molar-refractivity contribution in [1.29, 1.82) is 0 Å². The van der Waals surface area contributed by atoms with E-state index < -0.39 is 0 Å². The van der Waals surface area contributed by atoms with Crippen molar-refractivity contribution in [2.45, 2.75) is 58.9 Å². The fourth-order valence-electron chi connectivity index (χ4n) is 3.74. The fourth-order valence-corrected chi connectivity index (χ4v) is 3.74. The highest BCUT2D eigenvalue weighted by Crippen LogP contribution is 2.26. The summed E-state index contributed by atoms with van der Waals surface area (Å²) in [5.74, 6) is 2.19. The highest BCUT2D eigenvalue weighted by atomic mass is 35.5. The molecule has 0 aromatic rings. The van der Waals surface area contributed by atoms with Gasteiger partial charge in [0.2, 0.25) is 5.91 Å². The minimum Gasteiger partial charge on any atom is -0.342 e. The van der Waals surface area contributed by atoms with E-state index in [4.69, 9.17) is 0 Å². The number of rotatable bonds is 3. The van der Waals surface area contributed by atoms with E-state index in [2.05, 4.69) is 31.0 Å². The average Bonchev–Trinajstić information content (AvgIpc) is 2.37. The largest absolute Gasteiger partial charge is 0.342 e. The minimum absolute atomic E-state index is 0. The first-order valence-electron chi connectivity index (χ1n) is 8.08. The van der Waals surface area contributed by atoms with Gasteiger partial charge in [-0.3, -0.25) is 4.79 Å². The Morgan fingerprint density at radius 3 is 2.75 bits per heavy atom. The summed E-state index contributed by atoms with van der Waals surface area (Å²) in [6, 6.07) is 0.499. The van der Waals surface area contributed by atoms with Crippen molar-refractivity contribution in [3.05, 3.63) is 0 Å². The van der Waals surface area contributed by atoms with Crippen LogP contribution in [-0.2, 0) is 4.79 Å². The number of nitrogens with one attached hydrogen (secondary N) is 1. The molecule has 2 saturated heterocycles. The van der Waals surface area contributed by atoms with Crippen LogP contribution in [0.25, 0.3) is 0 Å². The number of carbonyl (C=O) groups is 1. The third-order valence-corrected chi connectivity index (χ3v) is 4.61. The molecule has 1 N–H and O–H groups in total. The lowest BCUT2D eigenvalue weighted by Gasteiger charge is -2.37. The lowest BCUT2D eigenvalue weighted by molar-refractivity contribution is -0.138. The second kappa shape index (κ2) is 8.23. The summed E-state index contributed by atoms with van der Waals surface area (Å²) in [7, 11) is 0. The van der Waals surface area contributed by atoms with Crippen LogP contribution in [0.3, 0.4) is 0 Å². The quantitative estimate of drug-likeness (QED) is 0.869. The average molecular weight is 303 g/mol. The molecule has 2 aliphatic heterocycles. The van der Waals surface area contributed by atoms with Gasteiger partial charge < -0.3 is 10.2 Å². The third kappa shape index (κ3) is 4.92. The molecule has 0 aliphatic carbocycles. The topological polar surface area (TPSA) is 32.3 Å². The van der Waals surface area contributed by atoms with Crippen LogP contribution in [0, 0.1) is 17.8 Å². The van der Waals surface area contributed by atoms with Gasteiger partial charge in [-0.15, -0.1) is 12.4 Å². The van der Waals surface area contributed by atoms with E-state index in [9.17, 15) is 4.79 Å². The molecule has 0 aromatic heterocycles. The van der Waals surface area contributed by atoms with Crippen LogP contribution in [-0.4, -0.2) is 36.5 Å². The van der Waals surface area contributed by atoms with E-state index in [-0.39, 0.29) is 18.3 Å². The lowest BCUT2D eigenvalue weighted by Crippen LogP contribution is -2.47. The van der Waals surface area contributed by atoms with Gasteiger partial charge in [-0.1, -0.05) is 13.8 Å². The molecule has 1 unspecified atom stereocenters. The molecule has 20 heavy (non-hydrogen) atoms. The Kier molecular flexibility index (Phi) is 7.32. The van der Waals surface area contributed by atoms with Gasteiger partial charge >= 0.3 is 0 Å². The summed E-state index contributed by atoms with van der Waals surface area (Å²) in [5.41, 5.74) is 0. The van der Waals surface area contributed by atoms with E-state index in [1.54, 1.807) is 0 Å². The lowest BCUT2D eigenvalue weighted by atomic mass is 9.87. The molecule has 2 fully saturated rings. The Morgan fingerprint density at radius 1 is 1.35 bits per heavy atom. The molecule has 2 aliphatic rings. The minimum atomic E-state index is 0. The van der Waals surface area contributed by atoms with E-state index in [1.165, 1.54) is 19.3 Å². The first kappa shape index (κ1) is 17.8.